The quantitative estimate of drug-likeness (QED) is 0.843. The summed E-state index contributed by atoms with van der Waals surface area (Å²) < 4.78 is 5.57. The van der Waals surface area contributed by atoms with E-state index in [0.717, 1.165) is 12.0 Å². The van der Waals surface area contributed by atoms with Gasteiger partial charge in [-0.1, -0.05) is 24.6 Å². The van der Waals surface area contributed by atoms with Crippen LogP contribution in [0.4, 0.5) is 0 Å². The SMILES string of the molecule is CCC(C)NC(=O)C(C)Oc1ccc(CN)cc1Cl. The highest BCUT2D eigenvalue weighted by atomic mass is 35.5. The van der Waals surface area contributed by atoms with Gasteiger partial charge in [0.05, 0.1) is 5.02 Å². The number of benzene rings is 1. The zero-order valence-corrected chi connectivity index (χ0v) is 12.3. The summed E-state index contributed by atoms with van der Waals surface area (Å²) in [6.07, 6.45) is 0.292. The first kappa shape index (κ1) is 15.8. The van der Waals surface area contributed by atoms with Crippen molar-refractivity contribution in [3.05, 3.63) is 28.8 Å². The molecule has 0 aromatic heterocycles. The molecule has 5 heteroatoms. The molecule has 0 heterocycles. The Balaban J connectivity index is 2.66. The topological polar surface area (TPSA) is 64.3 Å². The number of hydrogen-bond acceptors (Lipinski definition) is 3. The molecule has 1 amide bonds. The molecule has 3 N–H and O–H groups in total. The normalized spacial score (nSPS) is 13.7. The lowest BCUT2D eigenvalue weighted by molar-refractivity contribution is -0.127. The number of carbonyl (C=O) groups is 1. The van der Waals surface area contributed by atoms with E-state index in [9.17, 15) is 4.79 Å². The molecule has 19 heavy (non-hydrogen) atoms. The minimum Gasteiger partial charge on any atom is -0.479 e. The number of halogens is 1. The molecule has 2 unspecified atom stereocenters. The van der Waals surface area contributed by atoms with E-state index in [2.05, 4.69) is 5.32 Å². The number of carbonyl (C=O) groups excluding carboxylic acids is 1. The molecule has 0 aliphatic carbocycles. The van der Waals surface area contributed by atoms with Crippen LogP contribution in [-0.4, -0.2) is 18.1 Å². The Morgan fingerprint density at radius 3 is 2.68 bits per heavy atom. The maximum Gasteiger partial charge on any atom is 0.260 e. The van der Waals surface area contributed by atoms with Crippen molar-refractivity contribution < 1.29 is 9.53 Å². The minimum atomic E-state index is -0.588. The van der Waals surface area contributed by atoms with Crippen LogP contribution < -0.4 is 15.8 Å². The zero-order chi connectivity index (χ0) is 14.4. The zero-order valence-electron chi connectivity index (χ0n) is 11.6. The van der Waals surface area contributed by atoms with Crippen molar-refractivity contribution in [3.63, 3.8) is 0 Å². The summed E-state index contributed by atoms with van der Waals surface area (Å²) in [6, 6.07) is 5.45. The summed E-state index contributed by atoms with van der Waals surface area (Å²) in [5.41, 5.74) is 6.45. The van der Waals surface area contributed by atoms with Crippen LogP contribution in [0.25, 0.3) is 0 Å². The molecule has 0 fully saturated rings. The van der Waals surface area contributed by atoms with Crippen molar-refractivity contribution in [1.82, 2.24) is 5.32 Å². The summed E-state index contributed by atoms with van der Waals surface area (Å²) in [7, 11) is 0. The summed E-state index contributed by atoms with van der Waals surface area (Å²) >= 11 is 6.08. The Labute approximate surface area is 119 Å². The van der Waals surface area contributed by atoms with E-state index < -0.39 is 6.10 Å². The number of amides is 1. The van der Waals surface area contributed by atoms with Gasteiger partial charge in [-0.2, -0.15) is 0 Å². The van der Waals surface area contributed by atoms with Crippen LogP contribution in [0.1, 0.15) is 32.8 Å². The van der Waals surface area contributed by atoms with E-state index in [-0.39, 0.29) is 11.9 Å². The van der Waals surface area contributed by atoms with E-state index in [1.165, 1.54) is 0 Å². The van der Waals surface area contributed by atoms with Gasteiger partial charge < -0.3 is 15.8 Å². The highest BCUT2D eigenvalue weighted by Crippen LogP contribution is 2.26. The fourth-order valence-electron chi connectivity index (χ4n) is 1.47. The number of nitrogens with two attached hydrogens (primary N) is 1. The maximum atomic E-state index is 11.9. The van der Waals surface area contributed by atoms with Gasteiger partial charge in [0.15, 0.2) is 6.10 Å². The molecule has 106 valence electrons. The molecule has 0 aliphatic heterocycles. The van der Waals surface area contributed by atoms with Crippen molar-refractivity contribution in [2.75, 3.05) is 0 Å². The first-order valence-electron chi connectivity index (χ1n) is 6.43. The third-order valence-electron chi connectivity index (χ3n) is 2.91. The molecule has 0 saturated heterocycles. The van der Waals surface area contributed by atoms with Gasteiger partial charge in [-0.15, -0.1) is 0 Å². The Hall–Kier alpha value is -1.26. The summed E-state index contributed by atoms with van der Waals surface area (Å²) in [4.78, 5) is 11.9. The number of ether oxygens (including phenoxy) is 1. The lowest BCUT2D eigenvalue weighted by atomic mass is 10.2. The van der Waals surface area contributed by atoms with E-state index in [0.29, 0.717) is 17.3 Å². The van der Waals surface area contributed by atoms with Crippen molar-refractivity contribution in [1.29, 1.82) is 0 Å². The van der Waals surface area contributed by atoms with Crippen LogP contribution in [0.3, 0.4) is 0 Å². The van der Waals surface area contributed by atoms with Gasteiger partial charge in [0, 0.05) is 12.6 Å². The number of hydrogen-bond donors (Lipinski definition) is 2. The summed E-state index contributed by atoms with van der Waals surface area (Å²) in [5, 5.41) is 3.33. The molecule has 1 aromatic rings. The van der Waals surface area contributed by atoms with Gasteiger partial charge in [-0.25, -0.2) is 0 Å². The monoisotopic (exact) mass is 284 g/mol. The highest BCUT2D eigenvalue weighted by Gasteiger charge is 2.17. The smallest absolute Gasteiger partial charge is 0.260 e. The van der Waals surface area contributed by atoms with Crippen LogP contribution in [0.5, 0.6) is 5.75 Å². The molecule has 0 spiro atoms. The Kier molecular flexibility index (Phi) is 6.12. The lowest BCUT2D eigenvalue weighted by Gasteiger charge is -2.18. The second-order valence-electron chi connectivity index (χ2n) is 4.55. The summed E-state index contributed by atoms with van der Waals surface area (Å²) in [6.45, 7) is 6.08. The van der Waals surface area contributed by atoms with E-state index >= 15 is 0 Å². The van der Waals surface area contributed by atoms with Gasteiger partial charge in [0.1, 0.15) is 5.75 Å². The molecule has 4 nitrogen and oxygen atoms in total. The van der Waals surface area contributed by atoms with Gasteiger partial charge in [0.2, 0.25) is 0 Å². The fraction of sp³-hybridized carbons (Fsp3) is 0.500. The van der Waals surface area contributed by atoms with E-state index in [1.54, 1.807) is 19.1 Å². The Morgan fingerprint density at radius 2 is 2.16 bits per heavy atom. The van der Waals surface area contributed by atoms with E-state index in [1.807, 2.05) is 19.9 Å². The first-order valence-corrected chi connectivity index (χ1v) is 6.81. The average Bonchev–Trinajstić information content (AvgIpc) is 2.40. The molecular weight excluding hydrogens is 264 g/mol. The molecule has 2 atom stereocenters. The fourth-order valence-corrected chi connectivity index (χ4v) is 1.72. The van der Waals surface area contributed by atoms with E-state index in [4.69, 9.17) is 22.1 Å². The molecule has 0 saturated carbocycles. The van der Waals surface area contributed by atoms with Crippen molar-refractivity contribution in [2.24, 2.45) is 5.73 Å². The number of rotatable bonds is 6. The summed E-state index contributed by atoms with van der Waals surface area (Å²) in [5.74, 6) is 0.346. The van der Waals surface area contributed by atoms with Crippen molar-refractivity contribution in [2.45, 2.75) is 45.9 Å². The van der Waals surface area contributed by atoms with Crippen LogP contribution in [0.15, 0.2) is 18.2 Å². The standard InChI is InChI=1S/C14H21ClN2O2/c1-4-9(2)17-14(18)10(3)19-13-6-5-11(8-16)7-12(13)15/h5-7,9-10H,4,8,16H2,1-3H3,(H,17,18). The molecule has 0 radical (unpaired) electrons. The van der Waals surface area contributed by atoms with Crippen LogP contribution >= 0.6 is 11.6 Å². The first-order chi connectivity index (χ1) is 8.97. The largest absolute Gasteiger partial charge is 0.479 e. The second kappa shape index (κ2) is 7.36. The van der Waals surface area contributed by atoms with Crippen LogP contribution in [0, 0.1) is 0 Å². The Bertz CT molecular complexity index is 437. The van der Waals surface area contributed by atoms with Crippen LogP contribution in [0.2, 0.25) is 5.02 Å². The molecule has 0 bridgehead atoms. The predicted molar refractivity (Wildman–Crippen MR) is 77.3 cm³/mol. The predicted octanol–water partition coefficient (Wildman–Crippen LogP) is 2.48. The molecular formula is C14H21ClN2O2. The molecule has 0 aliphatic rings. The number of nitrogens with one attached hydrogen (secondary N) is 1. The van der Waals surface area contributed by atoms with Gasteiger partial charge in [-0.3, -0.25) is 4.79 Å². The van der Waals surface area contributed by atoms with Gasteiger partial charge in [-0.05, 0) is 38.0 Å². The molecule has 1 rings (SSSR count). The third-order valence-corrected chi connectivity index (χ3v) is 3.20. The molecule has 1 aromatic carbocycles. The van der Waals surface area contributed by atoms with Gasteiger partial charge in [0.25, 0.3) is 5.91 Å². The van der Waals surface area contributed by atoms with Crippen molar-refractivity contribution in [3.8, 4) is 5.75 Å². The second-order valence-corrected chi connectivity index (χ2v) is 4.95. The van der Waals surface area contributed by atoms with Crippen molar-refractivity contribution >= 4 is 17.5 Å². The maximum absolute atomic E-state index is 11.9. The average molecular weight is 285 g/mol. The minimum absolute atomic E-state index is 0.133. The lowest BCUT2D eigenvalue weighted by Crippen LogP contribution is -2.41. The van der Waals surface area contributed by atoms with Crippen LogP contribution in [-0.2, 0) is 11.3 Å². The van der Waals surface area contributed by atoms with Gasteiger partial charge >= 0.3 is 0 Å². The Morgan fingerprint density at radius 1 is 1.47 bits per heavy atom. The highest BCUT2D eigenvalue weighted by molar-refractivity contribution is 6.32. The third kappa shape index (κ3) is 4.73.